The maximum absolute atomic E-state index is 13.0. The Kier molecular flexibility index (Phi) is 10.1. The van der Waals surface area contributed by atoms with Gasteiger partial charge in [0.25, 0.3) is 0 Å². The number of hydrogen-bond acceptors (Lipinski definition) is 16. The summed E-state index contributed by atoms with van der Waals surface area (Å²) in [5.74, 6) is -3.72. The molecule has 2 saturated heterocycles. The first-order valence-electron chi connectivity index (χ1n) is 12.9. The fourth-order valence-corrected chi connectivity index (χ4v) is 4.43. The predicted octanol–water partition coefficient (Wildman–Crippen LogP) is -2.94. The molecule has 2 aromatic rings. The van der Waals surface area contributed by atoms with Gasteiger partial charge in [-0.3, -0.25) is 4.79 Å². The molecule has 11 N–H and O–H groups in total. The zero-order valence-electron chi connectivity index (χ0n) is 22.2. The average molecular weight is 613 g/mol. The van der Waals surface area contributed by atoms with Gasteiger partial charge in [-0.15, -0.1) is 0 Å². The van der Waals surface area contributed by atoms with Gasteiger partial charge in [0.15, 0.2) is 28.8 Å². The highest BCUT2D eigenvalue weighted by Gasteiger charge is 2.47. The number of phenols is 3. The van der Waals surface area contributed by atoms with Gasteiger partial charge in [0.05, 0.1) is 18.8 Å². The molecule has 10 atom stereocenters. The monoisotopic (exact) mass is 612 g/mol. The van der Waals surface area contributed by atoms with Crippen molar-refractivity contribution in [2.24, 2.45) is 0 Å². The van der Waals surface area contributed by atoms with Crippen LogP contribution in [0.1, 0.15) is 15.9 Å². The predicted molar refractivity (Wildman–Crippen MR) is 140 cm³/mol. The number of rotatable bonds is 9. The maximum Gasteiger partial charge on any atom is 0.229 e. The molecule has 0 spiro atoms. The molecule has 2 aliphatic rings. The first-order valence-corrected chi connectivity index (χ1v) is 12.9. The number of aromatic hydroxyl groups is 3. The van der Waals surface area contributed by atoms with Gasteiger partial charge >= 0.3 is 0 Å². The third-order valence-corrected chi connectivity index (χ3v) is 6.96. The van der Waals surface area contributed by atoms with E-state index in [4.69, 9.17) is 18.9 Å². The van der Waals surface area contributed by atoms with Gasteiger partial charge in [-0.05, 0) is 35.9 Å². The zero-order chi connectivity index (χ0) is 31.6. The highest BCUT2D eigenvalue weighted by molar-refractivity contribution is 6.09. The Morgan fingerprint density at radius 1 is 0.721 bits per heavy atom. The molecule has 43 heavy (non-hydrogen) atoms. The Morgan fingerprint density at radius 3 is 1.81 bits per heavy atom. The van der Waals surface area contributed by atoms with Crippen LogP contribution >= 0.6 is 0 Å². The smallest absolute Gasteiger partial charge is 0.229 e. The summed E-state index contributed by atoms with van der Waals surface area (Å²) in [6, 6.07) is 5.91. The molecule has 0 aromatic heterocycles. The molecule has 0 unspecified atom stereocenters. The molecule has 16 heteroatoms. The summed E-state index contributed by atoms with van der Waals surface area (Å²) < 4.78 is 21.8. The molecule has 2 aromatic carbocycles. The van der Waals surface area contributed by atoms with E-state index >= 15 is 0 Å². The van der Waals surface area contributed by atoms with Crippen LogP contribution in [-0.4, -0.2) is 137 Å². The molecule has 0 bridgehead atoms. The second kappa shape index (κ2) is 13.4. The van der Waals surface area contributed by atoms with E-state index in [1.807, 2.05) is 0 Å². The van der Waals surface area contributed by atoms with Crippen molar-refractivity contribution < 1.29 is 79.9 Å². The van der Waals surface area contributed by atoms with Crippen LogP contribution in [-0.2, 0) is 9.47 Å². The summed E-state index contributed by atoms with van der Waals surface area (Å²) in [6.07, 6.45) is -15.1. The maximum atomic E-state index is 13.0. The molecule has 0 amide bonds. The quantitative estimate of drug-likeness (QED) is 0.0767. The summed E-state index contributed by atoms with van der Waals surface area (Å²) >= 11 is 0. The zero-order valence-corrected chi connectivity index (χ0v) is 22.2. The van der Waals surface area contributed by atoms with E-state index in [0.717, 1.165) is 18.2 Å². The molecular formula is C27H32O16. The molecule has 0 saturated carbocycles. The van der Waals surface area contributed by atoms with Gasteiger partial charge in [0.1, 0.15) is 48.8 Å². The Balaban J connectivity index is 1.69. The summed E-state index contributed by atoms with van der Waals surface area (Å²) in [6.45, 7) is -1.58. The van der Waals surface area contributed by atoms with Crippen LogP contribution in [0.4, 0.5) is 0 Å². The van der Waals surface area contributed by atoms with E-state index in [9.17, 15) is 61.0 Å². The highest BCUT2D eigenvalue weighted by atomic mass is 16.7. The molecular weight excluding hydrogens is 580 g/mol. The van der Waals surface area contributed by atoms with E-state index in [-0.39, 0.29) is 5.75 Å². The Morgan fingerprint density at radius 2 is 1.28 bits per heavy atom. The van der Waals surface area contributed by atoms with Gasteiger partial charge in [-0.25, -0.2) is 0 Å². The molecule has 0 radical (unpaired) electrons. The molecule has 0 aliphatic carbocycles. The van der Waals surface area contributed by atoms with E-state index < -0.39 is 109 Å². The summed E-state index contributed by atoms with van der Waals surface area (Å²) in [7, 11) is 0. The van der Waals surface area contributed by atoms with Gasteiger partial charge in [-0.1, -0.05) is 12.1 Å². The van der Waals surface area contributed by atoms with Gasteiger partial charge in [-0.2, -0.15) is 0 Å². The largest absolute Gasteiger partial charge is 0.504 e. The minimum absolute atomic E-state index is 0.309. The molecule has 2 aliphatic heterocycles. The molecule has 16 nitrogen and oxygen atoms in total. The fraction of sp³-hybridized carbons (Fsp3) is 0.444. The minimum Gasteiger partial charge on any atom is -0.504 e. The minimum atomic E-state index is -1.95. The number of ketones is 1. The molecule has 2 heterocycles. The lowest BCUT2D eigenvalue weighted by molar-refractivity contribution is -0.282. The lowest BCUT2D eigenvalue weighted by Crippen LogP contribution is -2.60. The van der Waals surface area contributed by atoms with Crippen molar-refractivity contribution in [3.63, 3.8) is 0 Å². The topological polar surface area (TPSA) is 277 Å². The third-order valence-electron chi connectivity index (χ3n) is 6.96. The van der Waals surface area contributed by atoms with Crippen LogP contribution in [0.5, 0.6) is 28.7 Å². The van der Waals surface area contributed by atoms with E-state index in [1.165, 1.54) is 24.3 Å². The number of carbonyl (C=O) groups is 1. The Hall–Kier alpha value is -3.55. The van der Waals surface area contributed by atoms with Crippen LogP contribution in [0.15, 0.2) is 36.4 Å². The normalized spacial score (nSPS) is 32.9. The summed E-state index contributed by atoms with van der Waals surface area (Å²) in [4.78, 5) is 13.0. The van der Waals surface area contributed by atoms with Crippen molar-refractivity contribution in [1.29, 1.82) is 0 Å². The number of aliphatic hydroxyl groups is 8. The van der Waals surface area contributed by atoms with Gasteiger partial charge in [0.2, 0.25) is 18.3 Å². The van der Waals surface area contributed by atoms with E-state index in [1.54, 1.807) is 0 Å². The summed E-state index contributed by atoms with van der Waals surface area (Å²) in [5, 5.41) is 110. The second-order valence-electron chi connectivity index (χ2n) is 9.86. The Bertz CT molecular complexity index is 1310. The SMILES string of the molecule is O=C(/C=C/c1ccc(O)c(O)c1)c1ccc(O[C@@H]2O[C@H](CO)[C@@H](O)[C@H](O)[C@H]2O)c(O[C@@H]2O[C@H](CO)[C@@H](O)[C@H](O)[C@H]2O)c1O. The first kappa shape index (κ1) is 32.4. The number of aliphatic hydroxyl groups excluding tert-OH is 8. The lowest BCUT2D eigenvalue weighted by Gasteiger charge is -2.41. The summed E-state index contributed by atoms with van der Waals surface area (Å²) in [5.41, 5.74) is -0.0940. The van der Waals surface area contributed by atoms with Crippen LogP contribution in [0.25, 0.3) is 6.08 Å². The van der Waals surface area contributed by atoms with Crippen molar-refractivity contribution in [1.82, 2.24) is 0 Å². The lowest BCUT2D eigenvalue weighted by atomic mass is 9.99. The number of benzene rings is 2. The number of carbonyl (C=O) groups excluding carboxylic acids is 1. The average Bonchev–Trinajstić information content (AvgIpc) is 2.99. The number of allylic oxidation sites excluding steroid dienone is 1. The van der Waals surface area contributed by atoms with Gasteiger partial charge < -0.3 is 75.1 Å². The fourth-order valence-electron chi connectivity index (χ4n) is 4.43. The molecule has 2 fully saturated rings. The van der Waals surface area contributed by atoms with E-state index in [0.29, 0.717) is 5.56 Å². The second-order valence-corrected chi connectivity index (χ2v) is 9.86. The van der Waals surface area contributed by atoms with Crippen LogP contribution < -0.4 is 9.47 Å². The first-order chi connectivity index (χ1) is 20.4. The van der Waals surface area contributed by atoms with Crippen molar-refractivity contribution in [3.05, 3.63) is 47.5 Å². The molecule has 4 rings (SSSR count). The van der Waals surface area contributed by atoms with Crippen LogP contribution in [0.3, 0.4) is 0 Å². The number of phenolic OH excluding ortho intramolecular Hbond substituents is 3. The van der Waals surface area contributed by atoms with Crippen molar-refractivity contribution in [3.8, 4) is 28.7 Å². The van der Waals surface area contributed by atoms with Crippen molar-refractivity contribution in [2.75, 3.05) is 13.2 Å². The Labute approximate surface area is 243 Å². The van der Waals surface area contributed by atoms with Crippen molar-refractivity contribution >= 4 is 11.9 Å². The highest BCUT2D eigenvalue weighted by Crippen LogP contribution is 2.43. The van der Waals surface area contributed by atoms with E-state index in [2.05, 4.69) is 0 Å². The number of ether oxygens (including phenoxy) is 4. The van der Waals surface area contributed by atoms with Gasteiger partial charge in [0, 0.05) is 0 Å². The van der Waals surface area contributed by atoms with Crippen LogP contribution in [0, 0.1) is 0 Å². The third kappa shape index (κ3) is 6.68. The molecule has 236 valence electrons. The number of hydrogen-bond donors (Lipinski definition) is 11. The van der Waals surface area contributed by atoms with Crippen molar-refractivity contribution in [2.45, 2.75) is 61.4 Å². The standard InChI is InChI=1S/C27H32O16/c28-8-16-19(34)21(36)23(38)26(41-16)40-15-6-3-11(12(30)4-1-10-2-5-13(31)14(32)7-10)18(33)25(15)43-27-24(39)22(37)20(35)17(9-29)42-27/h1-7,16-17,19-24,26-29,31-39H,8-9H2/b4-1+/t16-,17-,19-,20-,21+,22+,23-,24-,26-,27+/m1/s1. The van der Waals surface area contributed by atoms with Crippen LogP contribution in [0.2, 0.25) is 0 Å².